The van der Waals surface area contributed by atoms with E-state index in [2.05, 4.69) is 20.3 Å². The molecule has 33 heavy (non-hydrogen) atoms. The fourth-order valence-corrected chi connectivity index (χ4v) is 3.93. The number of aromatic nitrogens is 3. The van der Waals surface area contributed by atoms with Crippen LogP contribution in [0.5, 0.6) is 5.75 Å². The molecule has 3 N–H and O–H groups in total. The summed E-state index contributed by atoms with van der Waals surface area (Å²) in [7, 11) is 1.40. The van der Waals surface area contributed by atoms with Crippen molar-refractivity contribution in [3.05, 3.63) is 81.9 Å². The van der Waals surface area contributed by atoms with E-state index in [1.807, 2.05) is 0 Å². The van der Waals surface area contributed by atoms with Gasteiger partial charge in [0, 0.05) is 22.8 Å². The number of carbonyl (C=O) groups excluding carboxylic acids is 2. The Morgan fingerprint density at radius 1 is 1.03 bits per heavy atom. The van der Waals surface area contributed by atoms with Crippen molar-refractivity contribution in [1.82, 2.24) is 15.0 Å². The van der Waals surface area contributed by atoms with Gasteiger partial charge >= 0.3 is 0 Å². The van der Waals surface area contributed by atoms with Gasteiger partial charge < -0.3 is 15.8 Å². The number of hydrogen-bond donors (Lipinski definition) is 2. The van der Waals surface area contributed by atoms with Crippen molar-refractivity contribution in [2.24, 2.45) is 0 Å². The minimum absolute atomic E-state index is 0.00976. The maximum atomic E-state index is 13.2. The highest BCUT2D eigenvalue weighted by Crippen LogP contribution is 2.41. The van der Waals surface area contributed by atoms with Crippen LogP contribution in [0.3, 0.4) is 0 Å². The zero-order valence-electron chi connectivity index (χ0n) is 17.3. The van der Waals surface area contributed by atoms with E-state index in [-0.39, 0.29) is 50.6 Å². The van der Waals surface area contributed by atoms with Gasteiger partial charge in [-0.05, 0) is 30.3 Å². The lowest BCUT2D eigenvalue weighted by Gasteiger charge is -2.16. The Bertz CT molecular complexity index is 1380. The molecule has 4 rings (SSSR count). The topological polar surface area (TPSA) is 120 Å². The molecule has 4 aromatic rings. The Kier molecular flexibility index (Phi) is 6.39. The molecular formula is C23H17Cl2N5O3. The van der Waals surface area contributed by atoms with Crippen LogP contribution in [0.1, 0.15) is 26.4 Å². The molecule has 0 bridgehead atoms. The number of nitrogens with two attached hydrogens (primary N) is 1. The number of nitrogen functional groups attached to an aromatic ring is 1. The summed E-state index contributed by atoms with van der Waals surface area (Å²) >= 11 is 13.0. The largest absolute Gasteiger partial charge is 0.495 e. The second-order valence-corrected chi connectivity index (χ2v) is 7.72. The number of Topliss-reactive ketones (excluding diaryl/α,β-unsaturated/α-hetero) is 1. The lowest BCUT2D eigenvalue weighted by Crippen LogP contribution is -2.15. The van der Waals surface area contributed by atoms with Gasteiger partial charge in [0.15, 0.2) is 5.78 Å². The van der Waals surface area contributed by atoms with Gasteiger partial charge in [-0.25, -0.2) is 9.97 Å². The minimum atomic E-state index is -0.543. The van der Waals surface area contributed by atoms with E-state index in [1.54, 1.807) is 42.6 Å². The van der Waals surface area contributed by atoms with Gasteiger partial charge in [0.2, 0.25) is 0 Å². The van der Waals surface area contributed by atoms with Crippen molar-refractivity contribution < 1.29 is 14.3 Å². The van der Waals surface area contributed by atoms with Gasteiger partial charge in [-0.15, -0.1) is 0 Å². The first-order chi connectivity index (χ1) is 15.9. The third-order valence-electron chi connectivity index (χ3n) is 4.93. The molecule has 0 aliphatic heterocycles. The van der Waals surface area contributed by atoms with E-state index in [9.17, 15) is 9.59 Å². The van der Waals surface area contributed by atoms with E-state index >= 15 is 0 Å². The minimum Gasteiger partial charge on any atom is -0.495 e. The second-order valence-electron chi connectivity index (χ2n) is 6.97. The van der Waals surface area contributed by atoms with Crippen molar-refractivity contribution in [2.45, 2.75) is 6.42 Å². The monoisotopic (exact) mass is 481 g/mol. The number of rotatable bonds is 6. The zero-order valence-corrected chi connectivity index (χ0v) is 18.8. The summed E-state index contributed by atoms with van der Waals surface area (Å²) in [4.78, 5) is 38.4. The molecule has 0 spiro atoms. The highest BCUT2D eigenvalue weighted by Gasteiger charge is 2.23. The lowest BCUT2D eigenvalue weighted by atomic mass is 10.0. The van der Waals surface area contributed by atoms with Crippen LogP contribution in [0.4, 0.5) is 11.5 Å². The Morgan fingerprint density at radius 2 is 1.85 bits per heavy atom. The number of benzene rings is 2. The highest BCUT2D eigenvalue weighted by molar-refractivity contribution is 6.43. The first-order valence-corrected chi connectivity index (χ1v) is 10.5. The fourth-order valence-electron chi connectivity index (χ4n) is 3.31. The molecule has 0 atom stereocenters. The number of carbonyl (C=O) groups is 2. The zero-order chi connectivity index (χ0) is 23.5. The van der Waals surface area contributed by atoms with Crippen molar-refractivity contribution in [3.8, 4) is 5.75 Å². The summed E-state index contributed by atoms with van der Waals surface area (Å²) in [6.45, 7) is 0. The van der Waals surface area contributed by atoms with Crippen LogP contribution in [0.25, 0.3) is 10.9 Å². The van der Waals surface area contributed by atoms with Crippen LogP contribution >= 0.6 is 23.2 Å². The standard InChI is InChI=1S/C23H17Cl2N5O3/c1-33-17-10-15(16(31)9-12-5-2-3-8-27-12)18(24)21(19(17)25)30-23(32)14-7-4-6-13-20(14)28-11-29-22(13)26/h2-8,10-11H,9H2,1H3,(H,30,32)(H2,26,28,29). The van der Waals surface area contributed by atoms with Crippen LogP contribution in [0.2, 0.25) is 10.0 Å². The number of nitrogens with zero attached hydrogens (tertiary/aromatic N) is 3. The number of pyridine rings is 1. The summed E-state index contributed by atoms with van der Waals surface area (Å²) in [5, 5.41) is 3.26. The van der Waals surface area contributed by atoms with Gasteiger partial charge in [0.05, 0.1) is 35.3 Å². The molecule has 2 aromatic carbocycles. The molecule has 0 aliphatic carbocycles. The SMILES string of the molecule is COc1cc(C(=O)Cc2ccccn2)c(Cl)c(NC(=O)c2cccc3c(N)ncnc23)c1Cl. The van der Waals surface area contributed by atoms with E-state index in [0.29, 0.717) is 16.6 Å². The molecule has 0 aliphatic rings. The van der Waals surface area contributed by atoms with E-state index in [0.717, 1.165) is 0 Å². The Balaban J connectivity index is 1.73. The summed E-state index contributed by atoms with van der Waals surface area (Å²) in [6, 6.07) is 11.7. The second kappa shape index (κ2) is 9.40. The van der Waals surface area contributed by atoms with E-state index in [4.69, 9.17) is 33.7 Å². The lowest BCUT2D eigenvalue weighted by molar-refractivity contribution is 0.0988. The number of amides is 1. The maximum Gasteiger partial charge on any atom is 0.257 e. The van der Waals surface area contributed by atoms with Crippen molar-refractivity contribution >= 4 is 57.3 Å². The van der Waals surface area contributed by atoms with E-state index < -0.39 is 5.91 Å². The molecule has 8 nitrogen and oxygen atoms in total. The molecular weight excluding hydrogens is 465 g/mol. The Labute approximate surface area is 198 Å². The first-order valence-electron chi connectivity index (χ1n) is 9.70. The molecule has 1 amide bonds. The smallest absolute Gasteiger partial charge is 0.257 e. The molecule has 166 valence electrons. The fraction of sp³-hybridized carbons (Fsp3) is 0.0870. The van der Waals surface area contributed by atoms with Gasteiger partial charge in [-0.1, -0.05) is 35.3 Å². The number of anilines is 2. The average molecular weight is 482 g/mol. The van der Waals surface area contributed by atoms with Crippen molar-refractivity contribution in [3.63, 3.8) is 0 Å². The Morgan fingerprint density at radius 3 is 2.58 bits per heavy atom. The Hall–Kier alpha value is -3.75. The van der Waals surface area contributed by atoms with Gasteiger partial charge in [-0.2, -0.15) is 0 Å². The number of fused-ring (bicyclic) bond motifs is 1. The van der Waals surface area contributed by atoms with Gasteiger partial charge in [-0.3, -0.25) is 14.6 Å². The molecule has 0 saturated carbocycles. The van der Waals surface area contributed by atoms with Gasteiger partial charge in [0.25, 0.3) is 5.91 Å². The number of methoxy groups -OCH3 is 1. The third kappa shape index (κ3) is 4.44. The predicted octanol–water partition coefficient (Wildman–Crippen LogP) is 4.60. The first kappa shape index (κ1) is 22.4. The number of hydrogen-bond acceptors (Lipinski definition) is 7. The van der Waals surface area contributed by atoms with Crippen molar-refractivity contribution in [1.29, 1.82) is 0 Å². The number of ether oxygens (including phenoxy) is 1. The normalized spacial score (nSPS) is 10.8. The summed E-state index contributed by atoms with van der Waals surface area (Å²) < 4.78 is 5.31. The van der Waals surface area contributed by atoms with Crippen LogP contribution in [0.15, 0.2) is 55.0 Å². The number of nitrogens with one attached hydrogen (secondary N) is 1. The maximum absolute atomic E-state index is 13.2. The molecule has 0 radical (unpaired) electrons. The molecule has 2 aromatic heterocycles. The van der Waals surface area contributed by atoms with Gasteiger partial charge in [0.1, 0.15) is 22.9 Å². The van der Waals surface area contributed by atoms with Crippen LogP contribution in [-0.4, -0.2) is 33.8 Å². The third-order valence-corrected chi connectivity index (χ3v) is 5.70. The van der Waals surface area contributed by atoms with Crippen LogP contribution in [-0.2, 0) is 6.42 Å². The number of para-hydroxylation sites is 1. The van der Waals surface area contributed by atoms with Crippen LogP contribution in [0, 0.1) is 0 Å². The summed E-state index contributed by atoms with van der Waals surface area (Å²) in [6.07, 6.45) is 2.88. The molecule has 0 fully saturated rings. The summed E-state index contributed by atoms with van der Waals surface area (Å²) in [5.41, 5.74) is 7.26. The molecule has 0 saturated heterocycles. The predicted molar refractivity (Wildman–Crippen MR) is 127 cm³/mol. The van der Waals surface area contributed by atoms with E-state index in [1.165, 1.54) is 19.5 Å². The average Bonchev–Trinajstić information content (AvgIpc) is 2.82. The number of halogens is 2. The van der Waals surface area contributed by atoms with Crippen LogP contribution < -0.4 is 15.8 Å². The molecule has 2 heterocycles. The number of ketones is 1. The summed E-state index contributed by atoms with van der Waals surface area (Å²) in [5.74, 6) is -0.423. The molecule has 10 heteroatoms. The quantitative estimate of drug-likeness (QED) is 0.386. The highest BCUT2D eigenvalue weighted by atomic mass is 35.5. The van der Waals surface area contributed by atoms with Crippen molar-refractivity contribution in [2.75, 3.05) is 18.2 Å². The molecule has 0 unspecified atom stereocenters.